The predicted molar refractivity (Wildman–Crippen MR) is 415 cm³/mol. The molecule has 0 amide bonds. The van der Waals surface area contributed by atoms with Crippen LogP contribution in [0.3, 0.4) is 0 Å². The van der Waals surface area contributed by atoms with E-state index >= 15 is 0 Å². The molecule has 0 saturated heterocycles. The Morgan fingerprint density at radius 3 is 1.07 bits per heavy atom. The summed E-state index contributed by atoms with van der Waals surface area (Å²) in [4.78, 5) is 60.7. The minimum absolute atomic E-state index is 0. The standard InChI is InChI=1S/C22H20ClF3N4O6S2.C21H18ClF3N4O4S.C20H16ClF3N4O5S2.CH3ClO2S.3CH4/c1-13-4-5-16(10-17(13)22(24,25)26)38(34,35)30(12-36-2)18-9-15(23)11-28-20(18)21(31)14-6-7-27-19(8-14)29-37(3,32)33;1-12-3-4-15(9-16(12)21(23,24)25)34(31,32)29(11-33-2)17-8-14(22)10-28-19(17)20(30)13-5-6-27-18(26)7-13;1-11-3-4-14(9-15(11)20(22,23)24)35(32,33)27-16-8-13(21)10-26-18(16)19(29)12-5-6-25-17(7-12)28-34(2,30)31;1-5(2,3)4;;;/h4-11H,12H2,1-3H3,(H,27,29);3-10H,11H2,1-2H3,(H2,26,27);3-10,27H,1-2H3,(H,25,28);1H3;3*1H4. The van der Waals surface area contributed by atoms with Gasteiger partial charge in [0, 0.05) is 78.8 Å². The van der Waals surface area contributed by atoms with Gasteiger partial charge in [0.25, 0.3) is 30.1 Å². The smallest absolute Gasteiger partial charge is 0.384 e. The van der Waals surface area contributed by atoms with Crippen molar-refractivity contribution in [1.29, 1.82) is 0 Å². The van der Waals surface area contributed by atoms with Gasteiger partial charge in [-0.15, -0.1) is 0 Å². The van der Waals surface area contributed by atoms with E-state index in [0.717, 1.165) is 124 Å². The van der Waals surface area contributed by atoms with Crippen LogP contribution in [0.5, 0.6) is 0 Å². The topological polar surface area (TPSA) is 420 Å². The van der Waals surface area contributed by atoms with Crippen molar-refractivity contribution in [2.75, 3.05) is 75.0 Å². The van der Waals surface area contributed by atoms with Crippen molar-refractivity contribution in [1.82, 2.24) is 29.9 Å². The van der Waals surface area contributed by atoms with Gasteiger partial charge in [-0.2, -0.15) is 39.5 Å². The molecule has 0 unspecified atom stereocenters. The Labute approximate surface area is 675 Å². The lowest BCUT2D eigenvalue weighted by Gasteiger charge is -2.25. The van der Waals surface area contributed by atoms with Gasteiger partial charge in [-0.1, -0.05) is 75.3 Å². The van der Waals surface area contributed by atoms with Crippen molar-refractivity contribution >= 4 is 157 Å². The van der Waals surface area contributed by atoms with Crippen LogP contribution >= 0.6 is 45.5 Å². The third-order valence-corrected chi connectivity index (χ3v) is 20.7. The van der Waals surface area contributed by atoms with Gasteiger partial charge in [-0.05, 0) is 128 Å². The Morgan fingerprint density at radius 2 is 0.739 bits per heavy atom. The third-order valence-electron chi connectivity index (χ3n) is 14.1. The molecule has 626 valence electrons. The number of nitrogens with one attached hydrogen (secondary N) is 3. The molecular formula is C67H69Cl4F9N12O17S6. The van der Waals surface area contributed by atoms with Gasteiger partial charge in [-0.3, -0.25) is 28.5 Å². The molecule has 0 aliphatic carbocycles. The van der Waals surface area contributed by atoms with E-state index in [0.29, 0.717) is 26.8 Å². The number of nitrogens with two attached hydrogens (primary N) is 1. The van der Waals surface area contributed by atoms with Gasteiger partial charge in [0.05, 0.1) is 82.3 Å². The lowest BCUT2D eigenvalue weighted by Crippen LogP contribution is -2.34. The summed E-state index contributed by atoms with van der Waals surface area (Å²) in [5, 5.41) is -0.160. The van der Waals surface area contributed by atoms with Crippen LogP contribution in [-0.4, -0.2) is 144 Å². The molecule has 0 spiro atoms. The molecule has 6 aromatic heterocycles. The van der Waals surface area contributed by atoms with Crippen molar-refractivity contribution < 1.29 is 114 Å². The molecule has 6 heterocycles. The van der Waals surface area contributed by atoms with E-state index in [1.807, 2.05) is 0 Å². The van der Waals surface area contributed by atoms with Gasteiger partial charge in [0.2, 0.25) is 46.4 Å². The van der Waals surface area contributed by atoms with E-state index in [2.05, 4.69) is 54.8 Å². The van der Waals surface area contributed by atoms with Gasteiger partial charge >= 0.3 is 18.5 Å². The number of hydrogen-bond donors (Lipinski definition) is 4. The van der Waals surface area contributed by atoms with Crippen molar-refractivity contribution in [2.45, 2.75) is 76.3 Å². The van der Waals surface area contributed by atoms with E-state index in [1.165, 1.54) is 58.3 Å². The highest BCUT2D eigenvalue weighted by Gasteiger charge is 2.39. The highest BCUT2D eigenvalue weighted by molar-refractivity contribution is 8.13. The first-order valence-corrected chi connectivity index (χ1v) is 42.2. The number of pyridine rings is 6. The fraction of sp³-hybridized carbons (Fsp3) is 0.239. The van der Waals surface area contributed by atoms with Crippen LogP contribution in [0.1, 0.15) is 104 Å². The number of carbonyl (C=O) groups excluding carboxylic acids is 3. The summed E-state index contributed by atoms with van der Waals surface area (Å²) < 4.78 is 282. The number of nitrogen functional groups attached to an aromatic ring is 1. The number of ketones is 3. The number of carbonyl (C=O) groups is 3. The van der Waals surface area contributed by atoms with Crippen LogP contribution in [-0.2, 0) is 87.2 Å². The molecule has 0 fully saturated rings. The fourth-order valence-electron chi connectivity index (χ4n) is 9.36. The Morgan fingerprint density at radius 1 is 0.435 bits per heavy atom. The maximum Gasteiger partial charge on any atom is 0.416 e. The molecule has 115 heavy (non-hydrogen) atoms. The molecule has 29 nitrogen and oxygen atoms in total. The second-order valence-electron chi connectivity index (χ2n) is 22.9. The zero-order chi connectivity index (χ0) is 84.4. The molecule has 3 aromatic carbocycles. The van der Waals surface area contributed by atoms with E-state index < -0.39 is 157 Å². The van der Waals surface area contributed by atoms with E-state index in [4.69, 9.17) is 50.0 Å². The van der Waals surface area contributed by atoms with Crippen molar-refractivity contribution in [3.63, 3.8) is 0 Å². The average Bonchev–Trinajstić information content (AvgIpc) is 0.766. The summed E-state index contributed by atoms with van der Waals surface area (Å²) in [5.74, 6) is -2.72. The lowest BCUT2D eigenvalue weighted by atomic mass is 10.1. The second-order valence-corrected chi connectivity index (χ2v) is 36.2. The first-order chi connectivity index (χ1) is 51.5. The number of methoxy groups -OCH3 is 2. The average molecular weight is 1820 g/mol. The normalized spacial score (nSPS) is 11.8. The molecule has 0 aliphatic rings. The van der Waals surface area contributed by atoms with Crippen LogP contribution in [0, 0.1) is 20.8 Å². The molecule has 0 aliphatic heterocycles. The van der Waals surface area contributed by atoms with Crippen LogP contribution in [0.4, 0.5) is 74.0 Å². The van der Waals surface area contributed by atoms with Crippen molar-refractivity contribution in [3.8, 4) is 0 Å². The molecule has 0 saturated carbocycles. The monoisotopic (exact) mass is 1820 g/mol. The number of aryl methyl sites for hydroxylation is 3. The van der Waals surface area contributed by atoms with E-state index in [9.17, 15) is 104 Å². The minimum atomic E-state index is -4.82. The maximum absolute atomic E-state index is 13.6. The van der Waals surface area contributed by atoms with Crippen LogP contribution in [0.2, 0.25) is 15.1 Å². The largest absolute Gasteiger partial charge is 0.416 e. The summed E-state index contributed by atoms with van der Waals surface area (Å²) in [6.45, 7) is 2.23. The summed E-state index contributed by atoms with van der Waals surface area (Å²) >= 11 is 18.0. The van der Waals surface area contributed by atoms with E-state index in [-0.39, 0.29) is 105 Å². The molecule has 5 N–H and O–H groups in total. The van der Waals surface area contributed by atoms with Gasteiger partial charge < -0.3 is 15.2 Å². The third kappa shape index (κ3) is 27.6. The Hall–Kier alpha value is -9.48. The first-order valence-electron chi connectivity index (χ1n) is 30.2. The van der Waals surface area contributed by atoms with Crippen molar-refractivity contribution in [3.05, 3.63) is 229 Å². The molecular weight excluding hydrogens is 1750 g/mol. The number of benzene rings is 3. The van der Waals surface area contributed by atoms with Crippen molar-refractivity contribution in [2.24, 2.45) is 0 Å². The Bertz CT molecular complexity index is 5830. The number of halogens is 13. The zero-order valence-corrected chi connectivity index (χ0v) is 66.2. The number of anilines is 6. The van der Waals surface area contributed by atoms with Crippen LogP contribution < -0.4 is 28.5 Å². The number of sulfonamides is 5. The summed E-state index contributed by atoms with van der Waals surface area (Å²) in [6.07, 6.45) is -4.85. The van der Waals surface area contributed by atoms with Gasteiger partial charge in [0.1, 0.15) is 48.0 Å². The maximum atomic E-state index is 13.6. The summed E-state index contributed by atoms with van der Waals surface area (Å²) in [5.41, 5.74) is -0.728. The highest BCUT2D eigenvalue weighted by Crippen LogP contribution is 2.40. The molecule has 9 rings (SSSR count). The van der Waals surface area contributed by atoms with Crippen LogP contribution in [0.25, 0.3) is 0 Å². The van der Waals surface area contributed by atoms with Gasteiger partial charge in [0.15, 0.2) is 0 Å². The number of rotatable bonds is 23. The quantitative estimate of drug-likeness (QED) is 0.0200. The lowest BCUT2D eigenvalue weighted by molar-refractivity contribution is -0.139. The second kappa shape index (κ2) is 39.4. The molecule has 48 heteroatoms. The predicted octanol–water partition coefficient (Wildman–Crippen LogP) is 13.9. The Kier molecular flexibility index (Phi) is 34.2. The summed E-state index contributed by atoms with van der Waals surface area (Å²) in [6, 6.07) is 18.2. The first kappa shape index (κ1) is 99.7. The fourth-order valence-corrected chi connectivity index (χ4v) is 14.7. The highest BCUT2D eigenvalue weighted by atomic mass is 35.7. The van der Waals surface area contributed by atoms with Crippen LogP contribution in [0.15, 0.2) is 161 Å². The molecule has 0 atom stereocenters. The number of nitrogens with zero attached hydrogens (tertiary/aromatic N) is 8. The number of alkyl halides is 9. The Balaban J connectivity index is 0.000000428. The molecule has 0 radical (unpaired) electrons. The molecule has 9 aromatic rings. The SMILES string of the molecule is C.C.C.COCN(c1cc(Cl)cnc1C(=O)c1ccnc(N)c1)S(=O)(=O)c1ccc(C)c(C(F)(F)F)c1.COCN(c1cc(Cl)cnc1C(=O)c1ccnc(NS(C)(=O)=O)c1)S(=O)(=O)c1ccc(C)c(C(F)(F)F)c1.CS(=O)(=O)Cl.Cc1ccc(S(=O)(=O)Nc2cc(Cl)cnc2C(=O)c2ccnc(NS(C)(=O)=O)c2)cc1C(F)(F)F. The zero-order valence-electron chi connectivity index (χ0n) is 58.2. The number of hydrogen-bond acceptors (Lipinski definition) is 24. The summed E-state index contributed by atoms with van der Waals surface area (Å²) in [7, 11) is -17.8. The number of ether oxygens (including phenoxy) is 2. The minimum Gasteiger partial charge on any atom is -0.384 e. The van der Waals surface area contributed by atoms with Gasteiger partial charge in [-0.25, -0.2) is 89.0 Å². The number of aromatic nitrogens is 6. The molecule has 0 bridgehead atoms. The van der Waals surface area contributed by atoms with E-state index in [1.54, 1.807) is 0 Å².